The topological polar surface area (TPSA) is 101 Å². The minimum atomic E-state index is -1.20. The zero-order valence-electron chi connectivity index (χ0n) is 15.2. The van der Waals surface area contributed by atoms with Gasteiger partial charge in [-0.05, 0) is 36.6 Å². The number of anilines is 1. The number of urea groups is 1. The number of ether oxygens (including phenoxy) is 1. The lowest BCUT2D eigenvalue weighted by molar-refractivity contribution is -0.134. The zero-order chi connectivity index (χ0) is 19.6. The van der Waals surface area contributed by atoms with Crippen molar-refractivity contribution in [1.29, 1.82) is 0 Å². The molecule has 1 aliphatic rings. The normalized spacial score (nSPS) is 19.1. The first-order chi connectivity index (χ1) is 12.9. The van der Waals surface area contributed by atoms with Crippen LogP contribution in [-0.4, -0.2) is 41.4 Å². The summed E-state index contributed by atoms with van der Waals surface area (Å²) in [5.41, 5.74) is 0.310. The molecule has 0 saturated carbocycles. The van der Waals surface area contributed by atoms with Crippen LogP contribution in [0.4, 0.5) is 9.93 Å². The van der Waals surface area contributed by atoms with Gasteiger partial charge in [-0.15, -0.1) is 11.3 Å². The number of rotatable bonds is 6. The Labute approximate surface area is 160 Å². The van der Waals surface area contributed by atoms with Gasteiger partial charge in [0.25, 0.3) is 5.91 Å². The van der Waals surface area contributed by atoms with E-state index in [1.54, 1.807) is 30.8 Å². The lowest BCUT2D eigenvalue weighted by Crippen LogP contribution is -2.44. The van der Waals surface area contributed by atoms with Gasteiger partial charge in [-0.1, -0.05) is 13.0 Å². The number of carbonyl (C=O) groups is 3. The molecule has 4 amide bonds. The van der Waals surface area contributed by atoms with Gasteiger partial charge >= 0.3 is 6.03 Å². The summed E-state index contributed by atoms with van der Waals surface area (Å²) in [5.74, 6) is -0.235. The Bertz CT molecular complexity index is 883. The van der Waals surface area contributed by atoms with Crippen LogP contribution in [0.5, 0.6) is 5.75 Å². The number of hydrogen-bond donors (Lipinski definition) is 2. The summed E-state index contributed by atoms with van der Waals surface area (Å²) in [5, 5.41) is 7.48. The smallest absolute Gasteiger partial charge is 0.325 e. The van der Waals surface area contributed by atoms with E-state index in [0.29, 0.717) is 22.9 Å². The molecule has 8 nitrogen and oxygen atoms in total. The summed E-state index contributed by atoms with van der Waals surface area (Å²) >= 11 is 1.26. The van der Waals surface area contributed by atoms with E-state index in [1.807, 2.05) is 19.9 Å². The minimum Gasteiger partial charge on any atom is -0.496 e. The first kappa shape index (κ1) is 18.8. The number of amides is 4. The van der Waals surface area contributed by atoms with E-state index in [9.17, 15) is 14.4 Å². The van der Waals surface area contributed by atoms with Gasteiger partial charge in [-0.25, -0.2) is 9.78 Å². The first-order valence-corrected chi connectivity index (χ1v) is 9.28. The maximum absolute atomic E-state index is 13.1. The van der Waals surface area contributed by atoms with Gasteiger partial charge in [0.2, 0.25) is 5.91 Å². The third kappa shape index (κ3) is 3.37. The molecule has 1 saturated heterocycles. The monoisotopic (exact) mass is 388 g/mol. The van der Waals surface area contributed by atoms with Crippen LogP contribution < -0.4 is 15.4 Å². The van der Waals surface area contributed by atoms with E-state index in [2.05, 4.69) is 15.6 Å². The summed E-state index contributed by atoms with van der Waals surface area (Å²) in [7, 11) is 1.57. The van der Waals surface area contributed by atoms with Crippen LogP contribution in [0.15, 0.2) is 29.8 Å². The predicted molar refractivity (Wildman–Crippen MR) is 101 cm³/mol. The molecular formula is C18H20N4O4S. The molecule has 0 aliphatic carbocycles. The molecule has 0 radical (unpaired) electrons. The Hall–Kier alpha value is -2.94. The standard InChI is InChI=1S/C18H20N4O4S/c1-4-18(12-5-6-13(26-3)11(2)9-12)15(24)22(17(25)21-18)10-14(23)20-16-19-7-8-27-16/h5-9H,4,10H2,1-3H3,(H,21,25)(H,19,20,23). The molecule has 0 spiro atoms. The number of methoxy groups -OCH3 is 1. The van der Waals surface area contributed by atoms with Crippen molar-refractivity contribution in [3.8, 4) is 5.75 Å². The maximum Gasteiger partial charge on any atom is 0.325 e. The van der Waals surface area contributed by atoms with Crippen LogP contribution >= 0.6 is 11.3 Å². The van der Waals surface area contributed by atoms with Gasteiger partial charge in [-0.2, -0.15) is 0 Å². The van der Waals surface area contributed by atoms with Gasteiger partial charge in [0.15, 0.2) is 5.13 Å². The molecule has 27 heavy (non-hydrogen) atoms. The highest BCUT2D eigenvalue weighted by atomic mass is 32.1. The Kier molecular flexibility index (Phi) is 5.13. The van der Waals surface area contributed by atoms with E-state index < -0.39 is 23.4 Å². The molecule has 2 heterocycles. The van der Waals surface area contributed by atoms with Crippen molar-refractivity contribution in [3.63, 3.8) is 0 Å². The second-order valence-corrected chi connectivity index (χ2v) is 7.04. The number of hydrogen-bond acceptors (Lipinski definition) is 6. The highest BCUT2D eigenvalue weighted by Crippen LogP contribution is 2.34. The third-order valence-corrected chi connectivity index (χ3v) is 5.26. The minimum absolute atomic E-state index is 0.355. The quantitative estimate of drug-likeness (QED) is 0.740. The van der Waals surface area contributed by atoms with Crippen LogP contribution in [0, 0.1) is 6.92 Å². The lowest BCUT2D eigenvalue weighted by atomic mass is 9.86. The van der Waals surface area contributed by atoms with Crippen LogP contribution in [0.25, 0.3) is 0 Å². The molecular weight excluding hydrogens is 368 g/mol. The molecule has 1 atom stereocenters. The molecule has 1 aromatic carbocycles. The van der Waals surface area contributed by atoms with Gasteiger partial charge in [0.1, 0.15) is 17.8 Å². The van der Waals surface area contributed by atoms with Crippen LogP contribution in [0.2, 0.25) is 0 Å². The molecule has 9 heteroatoms. The van der Waals surface area contributed by atoms with E-state index in [0.717, 1.165) is 10.5 Å². The fourth-order valence-electron chi connectivity index (χ4n) is 3.14. The molecule has 1 aromatic heterocycles. The summed E-state index contributed by atoms with van der Waals surface area (Å²) < 4.78 is 5.26. The van der Waals surface area contributed by atoms with Crippen molar-refractivity contribution in [3.05, 3.63) is 40.9 Å². The molecule has 2 N–H and O–H groups in total. The second kappa shape index (κ2) is 7.36. The lowest BCUT2D eigenvalue weighted by Gasteiger charge is -2.26. The number of nitrogens with one attached hydrogen (secondary N) is 2. The summed E-state index contributed by atoms with van der Waals surface area (Å²) in [6.45, 7) is 3.31. The summed E-state index contributed by atoms with van der Waals surface area (Å²) in [6, 6.07) is 4.75. The summed E-state index contributed by atoms with van der Waals surface area (Å²) in [4.78, 5) is 42.6. The molecule has 1 fully saturated rings. The molecule has 142 valence electrons. The van der Waals surface area contributed by atoms with Gasteiger partial charge in [-0.3, -0.25) is 14.5 Å². The Morgan fingerprint density at radius 3 is 2.78 bits per heavy atom. The van der Waals surface area contributed by atoms with Crippen molar-refractivity contribution < 1.29 is 19.1 Å². The Morgan fingerprint density at radius 1 is 1.41 bits per heavy atom. The predicted octanol–water partition coefficient (Wildman–Crippen LogP) is 2.26. The molecule has 3 rings (SSSR count). The van der Waals surface area contributed by atoms with Crippen LogP contribution in [0.1, 0.15) is 24.5 Å². The van der Waals surface area contributed by atoms with E-state index in [1.165, 1.54) is 11.3 Å². The number of benzene rings is 1. The van der Waals surface area contributed by atoms with E-state index >= 15 is 0 Å². The first-order valence-electron chi connectivity index (χ1n) is 8.40. The number of aryl methyl sites for hydroxylation is 1. The Morgan fingerprint density at radius 2 is 2.19 bits per heavy atom. The number of nitrogens with zero attached hydrogens (tertiary/aromatic N) is 2. The average molecular weight is 388 g/mol. The van der Waals surface area contributed by atoms with Crippen molar-refractivity contribution in [2.75, 3.05) is 19.0 Å². The number of thiazole rings is 1. The summed E-state index contributed by atoms with van der Waals surface area (Å²) in [6.07, 6.45) is 1.91. The molecule has 1 unspecified atom stereocenters. The Balaban J connectivity index is 1.84. The molecule has 0 bridgehead atoms. The van der Waals surface area contributed by atoms with Crippen LogP contribution in [-0.2, 0) is 15.1 Å². The van der Waals surface area contributed by atoms with Crippen molar-refractivity contribution in [2.24, 2.45) is 0 Å². The molecule has 1 aliphatic heterocycles. The van der Waals surface area contributed by atoms with Crippen molar-refractivity contribution in [1.82, 2.24) is 15.2 Å². The highest BCUT2D eigenvalue weighted by Gasteiger charge is 2.51. The SMILES string of the molecule is CCC1(c2ccc(OC)c(C)c2)NC(=O)N(CC(=O)Nc2nccs2)C1=O. The van der Waals surface area contributed by atoms with Gasteiger partial charge in [0.05, 0.1) is 7.11 Å². The fraction of sp³-hybridized carbons (Fsp3) is 0.333. The average Bonchev–Trinajstić information content (AvgIpc) is 3.23. The highest BCUT2D eigenvalue weighted by molar-refractivity contribution is 7.13. The van der Waals surface area contributed by atoms with E-state index in [4.69, 9.17) is 4.74 Å². The van der Waals surface area contributed by atoms with E-state index in [-0.39, 0.29) is 6.54 Å². The van der Waals surface area contributed by atoms with Crippen LogP contribution in [0.3, 0.4) is 0 Å². The largest absolute Gasteiger partial charge is 0.496 e. The van der Waals surface area contributed by atoms with Gasteiger partial charge in [0, 0.05) is 11.6 Å². The van der Waals surface area contributed by atoms with Gasteiger partial charge < -0.3 is 15.4 Å². The number of aromatic nitrogens is 1. The maximum atomic E-state index is 13.1. The number of carbonyl (C=O) groups excluding carboxylic acids is 3. The fourth-order valence-corrected chi connectivity index (χ4v) is 3.69. The molecule has 2 aromatic rings. The van der Waals surface area contributed by atoms with Crippen molar-refractivity contribution >= 4 is 34.3 Å². The number of imide groups is 1. The van der Waals surface area contributed by atoms with Crippen molar-refractivity contribution in [2.45, 2.75) is 25.8 Å². The zero-order valence-corrected chi connectivity index (χ0v) is 16.1. The third-order valence-electron chi connectivity index (χ3n) is 4.57. The second-order valence-electron chi connectivity index (χ2n) is 6.15.